The van der Waals surface area contributed by atoms with Gasteiger partial charge >= 0.3 is 0 Å². The van der Waals surface area contributed by atoms with Gasteiger partial charge in [0.25, 0.3) is 0 Å². The molecule has 1 aliphatic carbocycles. The molecular weight excluding hydrogens is 291 g/mol. The molecule has 0 amide bonds. The Balaban J connectivity index is 2.16. The molecule has 1 nitrogen and oxygen atoms in total. The van der Waals surface area contributed by atoms with E-state index >= 15 is 0 Å². The second-order valence-corrected chi connectivity index (χ2v) is 6.24. The van der Waals surface area contributed by atoms with Crippen LogP contribution in [0, 0.1) is 0 Å². The molecule has 0 aliphatic heterocycles. The lowest BCUT2D eigenvalue weighted by atomic mass is 9.73. The molecule has 2 aromatic carbocycles. The first kappa shape index (κ1) is 13.9. The van der Waals surface area contributed by atoms with Crippen LogP contribution in [0.1, 0.15) is 29.5 Å². The van der Waals surface area contributed by atoms with Crippen molar-refractivity contribution in [3.63, 3.8) is 0 Å². The summed E-state index contributed by atoms with van der Waals surface area (Å²) in [6, 6.07) is 14.1. The van der Waals surface area contributed by atoms with Crippen molar-refractivity contribution < 1.29 is 5.11 Å². The largest absolute Gasteiger partial charge is 0.396 e. The van der Waals surface area contributed by atoms with Gasteiger partial charge in [-0.2, -0.15) is 0 Å². The van der Waals surface area contributed by atoms with Gasteiger partial charge in [-0.05, 0) is 60.2 Å². The zero-order chi connectivity index (χ0) is 14.2. The van der Waals surface area contributed by atoms with Crippen molar-refractivity contribution in [2.75, 3.05) is 6.61 Å². The number of halogens is 2. The van der Waals surface area contributed by atoms with E-state index in [1.54, 1.807) is 0 Å². The smallest absolute Gasteiger partial charge is 0.0442 e. The number of aliphatic hydroxyl groups is 1. The third-order valence-corrected chi connectivity index (χ3v) is 4.83. The lowest BCUT2D eigenvalue weighted by Gasteiger charge is -2.31. The first-order valence-corrected chi connectivity index (χ1v) is 7.57. The average Bonchev–Trinajstić information content (AvgIpc) is 2.79. The van der Waals surface area contributed by atoms with Gasteiger partial charge in [0.2, 0.25) is 0 Å². The van der Waals surface area contributed by atoms with Gasteiger partial charge in [0.05, 0.1) is 0 Å². The maximum Gasteiger partial charge on any atom is 0.0442 e. The molecule has 1 atom stereocenters. The molecule has 3 rings (SSSR count). The number of aryl methyl sites for hydroxylation is 1. The van der Waals surface area contributed by atoms with Gasteiger partial charge in [-0.25, -0.2) is 0 Å². The quantitative estimate of drug-likeness (QED) is 0.878. The molecule has 0 heterocycles. The molecule has 0 saturated carbocycles. The maximum absolute atomic E-state index is 9.54. The van der Waals surface area contributed by atoms with Gasteiger partial charge < -0.3 is 5.11 Å². The van der Waals surface area contributed by atoms with Crippen LogP contribution in [0.4, 0.5) is 0 Å². The van der Waals surface area contributed by atoms with Crippen LogP contribution in [0.15, 0.2) is 42.5 Å². The topological polar surface area (TPSA) is 20.2 Å². The fraction of sp³-hybridized carbons (Fsp3) is 0.294. The van der Waals surface area contributed by atoms with Gasteiger partial charge in [-0.3, -0.25) is 0 Å². The van der Waals surface area contributed by atoms with E-state index in [-0.39, 0.29) is 12.0 Å². The summed E-state index contributed by atoms with van der Waals surface area (Å²) in [5.74, 6) is 0. The standard InChI is InChI=1S/C17H16Cl2O/c18-14-5-2-13(3-6-14)17(9-10-20)8-7-12-1-4-15(19)11-16(12)17/h1-6,11,20H,7-10H2/t17-/m0/s1. The van der Waals surface area contributed by atoms with Crippen LogP contribution < -0.4 is 0 Å². The number of fused-ring (bicyclic) bond motifs is 1. The van der Waals surface area contributed by atoms with E-state index in [2.05, 4.69) is 18.2 Å². The number of hydrogen-bond acceptors (Lipinski definition) is 1. The first-order chi connectivity index (χ1) is 9.65. The minimum atomic E-state index is -0.139. The molecule has 0 bridgehead atoms. The van der Waals surface area contributed by atoms with Crippen molar-refractivity contribution >= 4 is 23.2 Å². The normalized spacial score (nSPS) is 20.9. The zero-order valence-electron chi connectivity index (χ0n) is 11.1. The third kappa shape index (κ3) is 2.24. The second-order valence-electron chi connectivity index (χ2n) is 5.36. The maximum atomic E-state index is 9.54. The van der Waals surface area contributed by atoms with Crippen molar-refractivity contribution in [2.45, 2.75) is 24.7 Å². The summed E-state index contributed by atoms with van der Waals surface area (Å²) in [7, 11) is 0. The fourth-order valence-corrected chi connectivity index (χ4v) is 3.66. The van der Waals surface area contributed by atoms with E-state index in [1.165, 1.54) is 16.7 Å². The van der Waals surface area contributed by atoms with Crippen LogP contribution in [0.2, 0.25) is 10.0 Å². The van der Waals surface area contributed by atoms with Crippen LogP contribution in [0.3, 0.4) is 0 Å². The van der Waals surface area contributed by atoms with Crippen molar-refractivity contribution in [1.29, 1.82) is 0 Å². The highest BCUT2D eigenvalue weighted by Crippen LogP contribution is 2.47. The van der Waals surface area contributed by atoms with Crippen molar-refractivity contribution in [1.82, 2.24) is 0 Å². The Kier molecular flexibility index (Phi) is 3.76. The lowest BCUT2D eigenvalue weighted by molar-refractivity contribution is 0.252. The van der Waals surface area contributed by atoms with E-state index in [1.807, 2.05) is 24.3 Å². The summed E-state index contributed by atoms with van der Waals surface area (Å²) in [6.45, 7) is 0.161. The summed E-state index contributed by atoms with van der Waals surface area (Å²) in [5, 5.41) is 11.0. The summed E-state index contributed by atoms with van der Waals surface area (Å²) in [6.07, 6.45) is 2.74. The summed E-state index contributed by atoms with van der Waals surface area (Å²) < 4.78 is 0. The van der Waals surface area contributed by atoms with Crippen molar-refractivity contribution in [3.05, 3.63) is 69.2 Å². The SMILES string of the molecule is OCC[C@]1(c2ccc(Cl)cc2)CCc2ccc(Cl)cc21. The lowest BCUT2D eigenvalue weighted by Crippen LogP contribution is -2.26. The number of aliphatic hydroxyl groups excluding tert-OH is 1. The van der Waals surface area contributed by atoms with Gasteiger partial charge in [-0.15, -0.1) is 0 Å². The monoisotopic (exact) mass is 306 g/mol. The summed E-state index contributed by atoms with van der Waals surface area (Å²) in [5.41, 5.74) is 3.65. The van der Waals surface area contributed by atoms with Gasteiger partial charge in [-0.1, -0.05) is 41.4 Å². The summed E-state index contributed by atoms with van der Waals surface area (Å²) in [4.78, 5) is 0. The first-order valence-electron chi connectivity index (χ1n) is 6.81. The van der Waals surface area contributed by atoms with Crippen molar-refractivity contribution in [2.24, 2.45) is 0 Å². The van der Waals surface area contributed by atoms with Crippen LogP contribution >= 0.6 is 23.2 Å². The number of rotatable bonds is 3. The summed E-state index contributed by atoms with van der Waals surface area (Å²) >= 11 is 12.2. The molecule has 0 unspecified atom stereocenters. The third-order valence-electron chi connectivity index (χ3n) is 4.34. The number of hydrogen-bond donors (Lipinski definition) is 1. The highest BCUT2D eigenvalue weighted by molar-refractivity contribution is 6.31. The van der Waals surface area contributed by atoms with E-state index in [0.717, 1.165) is 22.9 Å². The second kappa shape index (κ2) is 5.40. The van der Waals surface area contributed by atoms with Gasteiger partial charge in [0, 0.05) is 22.1 Å². The van der Waals surface area contributed by atoms with Crippen LogP contribution in [0.25, 0.3) is 0 Å². The number of benzene rings is 2. The minimum Gasteiger partial charge on any atom is -0.396 e. The van der Waals surface area contributed by atoms with Crippen LogP contribution in [-0.4, -0.2) is 11.7 Å². The predicted molar refractivity (Wildman–Crippen MR) is 83.7 cm³/mol. The molecule has 20 heavy (non-hydrogen) atoms. The van der Waals surface area contributed by atoms with Crippen molar-refractivity contribution in [3.8, 4) is 0 Å². The molecule has 3 heteroatoms. The Hall–Kier alpha value is -1.02. The molecular formula is C17H16Cl2O. The van der Waals surface area contributed by atoms with Gasteiger partial charge in [0.1, 0.15) is 0 Å². The highest BCUT2D eigenvalue weighted by atomic mass is 35.5. The Morgan fingerprint density at radius 3 is 2.40 bits per heavy atom. The van der Waals surface area contributed by atoms with Gasteiger partial charge in [0.15, 0.2) is 0 Å². The molecule has 0 radical (unpaired) electrons. The molecule has 0 spiro atoms. The fourth-order valence-electron chi connectivity index (χ4n) is 3.36. The Bertz CT molecular complexity index is 617. The molecule has 0 fully saturated rings. The Morgan fingerprint density at radius 1 is 1.00 bits per heavy atom. The molecule has 0 aromatic heterocycles. The zero-order valence-corrected chi connectivity index (χ0v) is 12.6. The highest BCUT2D eigenvalue weighted by Gasteiger charge is 2.39. The Morgan fingerprint density at radius 2 is 1.70 bits per heavy atom. The van der Waals surface area contributed by atoms with Crippen LogP contribution in [-0.2, 0) is 11.8 Å². The predicted octanol–water partition coefficient (Wildman–Crippen LogP) is 4.61. The van der Waals surface area contributed by atoms with E-state index in [0.29, 0.717) is 6.42 Å². The molecule has 2 aromatic rings. The average molecular weight is 307 g/mol. The van der Waals surface area contributed by atoms with E-state index in [4.69, 9.17) is 23.2 Å². The molecule has 104 valence electrons. The Labute approximate surface area is 129 Å². The molecule has 1 N–H and O–H groups in total. The molecule has 0 saturated heterocycles. The molecule has 1 aliphatic rings. The van der Waals surface area contributed by atoms with E-state index in [9.17, 15) is 5.11 Å². The minimum absolute atomic E-state index is 0.139. The van der Waals surface area contributed by atoms with E-state index < -0.39 is 0 Å². The van der Waals surface area contributed by atoms with Crippen LogP contribution in [0.5, 0.6) is 0 Å².